The van der Waals surface area contributed by atoms with Crippen LogP contribution in [0.15, 0.2) is 54.9 Å². The molecule has 5 nitrogen and oxygen atoms in total. The summed E-state index contributed by atoms with van der Waals surface area (Å²) in [5, 5.41) is 0. The number of ether oxygens (including phenoxy) is 1. The Bertz CT molecular complexity index is 988. The second-order valence-electron chi connectivity index (χ2n) is 5.77. The number of carbonyl (C=O) groups is 1. The quantitative estimate of drug-likeness (QED) is 0.668. The number of nitrogens with two attached hydrogens (primary N) is 1. The lowest BCUT2D eigenvalue weighted by Crippen LogP contribution is -2.13. The van der Waals surface area contributed by atoms with E-state index in [0.29, 0.717) is 16.7 Å². The Hall–Kier alpha value is -3.49. The number of aromatic nitrogens is 2. The molecule has 9 heteroatoms. The SMILES string of the molecule is NC(=O)c1cc(-c2ccc(F)cc2)c(OCc2ccc(C(F)(F)F)nc2)cn1. The van der Waals surface area contributed by atoms with Gasteiger partial charge in [0.25, 0.3) is 5.91 Å². The van der Waals surface area contributed by atoms with E-state index >= 15 is 0 Å². The van der Waals surface area contributed by atoms with Gasteiger partial charge >= 0.3 is 6.18 Å². The number of nitrogens with zero attached hydrogens (tertiary/aromatic N) is 2. The first-order chi connectivity index (χ1) is 13.2. The van der Waals surface area contributed by atoms with Crippen molar-refractivity contribution in [1.82, 2.24) is 9.97 Å². The van der Waals surface area contributed by atoms with Crippen LogP contribution in [0.3, 0.4) is 0 Å². The third-order valence-electron chi connectivity index (χ3n) is 3.78. The first-order valence-corrected chi connectivity index (χ1v) is 7.95. The molecule has 2 aromatic heterocycles. The molecular weight excluding hydrogens is 378 g/mol. The van der Waals surface area contributed by atoms with Crippen molar-refractivity contribution < 1.29 is 27.1 Å². The average Bonchev–Trinajstić information content (AvgIpc) is 2.66. The Balaban J connectivity index is 1.87. The number of benzene rings is 1. The molecular formula is C19H13F4N3O2. The summed E-state index contributed by atoms with van der Waals surface area (Å²) in [5.74, 6) is -0.940. The number of halogens is 4. The summed E-state index contributed by atoms with van der Waals surface area (Å²) in [6.07, 6.45) is -2.19. The molecule has 3 aromatic rings. The van der Waals surface area contributed by atoms with Crippen molar-refractivity contribution in [3.8, 4) is 16.9 Å². The summed E-state index contributed by atoms with van der Waals surface area (Å²) in [7, 11) is 0. The third-order valence-corrected chi connectivity index (χ3v) is 3.78. The van der Waals surface area contributed by atoms with Crippen LogP contribution in [-0.2, 0) is 12.8 Å². The van der Waals surface area contributed by atoms with E-state index in [-0.39, 0.29) is 18.1 Å². The maximum Gasteiger partial charge on any atom is 0.433 e. The second kappa shape index (κ2) is 7.63. The summed E-state index contributed by atoms with van der Waals surface area (Å²) < 4.78 is 56.6. The van der Waals surface area contributed by atoms with Crippen molar-refractivity contribution in [2.75, 3.05) is 0 Å². The Morgan fingerprint density at radius 1 is 1.04 bits per heavy atom. The van der Waals surface area contributed by atoms with Gasteiger partial charge < -0.3 is 10.5 Å². The Morgan fingerprint density at radius 2 is 1.75 bits per heavy atom. The van der Waals surface area contributed by atoms with Gasteiger partial charge in [-0.25, -0.2) is 9.37 Å². The highest BCUT2D eigenvalue weighted by Crippen LogP contribution is 2.31. The van der Waals surface area contributed by atoms with Crippen molar-refractivity contribution >= 4 is 5.91 Å². The van der Waals surface area contributed by atoms with E-state index < -0.39 is 23.6 Å². The predicted molar refractivity (Wildman–Crippen MR) is 91.7 cm³/mol. The van der Waals surface area contributed by atoms with E-state index in [0.717, 1.165) is 12.3 Å². The zero-order valence-corrected chi connectivity index (χ0v) is 14.2. The number of primary amides is 1. The largest absolute Gasteiger partial charge is 0.487 e. The van der Waals surface area contributed by atoms with Gasteiger partial charge in [0.05, 0.1) is 6.20 Å². The molecule has 0 saturated heterocycles. The van der Waals surface area contributed by atoms with Crippen LogP contribution in [0.5, 0.6) is 5.75 Å². The lowest BCUT2D eigenvalue weighted by Gasteiger charge is -2.13. The maximum absolute atomic E-state index is 13.2. The molecule has 1 aromatic carbocycles. The molecule has 3 rings (SSSR count). The van der Waals surface area contributed by atoms with Gasteiger partial charge in [-0.05, 0) is 29.8 Å². The maximum atomic E-state index is 13.2. The molecule has 144 valence electrons. The molecule has 0 fully saturated rings. The minimum atomic E-state index is -4.52. The van der Waals surface area contributed by atoms with Crippen LogP contribution in [0, 0.1) is 5.82 Å². The normalized spacial score (nSPS) is 11.3. The number of hydrogen-bond donors (Lipinski definition) is 1. The van der Waals surface area contributed by atoms with E-state index in [1.165, 1.54) is 42.6 Å². The van der Waals surface area contributed by atoms with E-state index in [1.54, 1.807) is 0 Å². The minimum absolute atomic E-state index is 0.0112. The van der Waals surface area contributed by atoms with E-state index in [2.05, 4.69) is 9.97 Å². The molecule has 0 unspecified atom stereocenters. The van der Waals surface area contributed by atoms with Gasteiger partial charge in [-0.1, -0.05) is 18.2 Å². The molecule has 0 radical (unpaired) electrons. The van der Waals surface area contributed by atoms with Crippen molar-refractivity contribution in [2.24, 2.45) is 5.73 Å². The van der Waals surface area contributed by atoms with Crippen molar-refractivity contribution in [3.63, 3.8) is 0 Å². The van der Waals surface area contributed by atoms with Gasteiger partial charge in [0.1, 0.15) is 29.6 Å². The number of amides is 1. The zero-order valence-electron chi connectivity index (χ0n) is 14.2. The van der Waals surface area contributed by atoms with Crippen molar-refractivity contribution in [1.29, 1.82) is 0 Å². The first kappa shape index (κ1) is 19.3. The lowest BCUT2D eigenvalue weighted by atomic mass is 10.0. The predicted octanol–water partition coefficient (Wildman–Crippen LogP) is 3.98. The van der Waals surface area contributed by atoms with Gasteiger partial charge in [-0.3, -0.25) is 9.78 Å². The van der Waals surface area contributed by atoms with Crippen molar-refractivity contribution in [3.05, 3.63) is 77.6 Å². The molecule has 0 atom stereocenters. The van der Waals surface area contributed by atoms with Gasteiger partial charge in [-0.2, -0.15) is 13.2 Å². The van der Waals surface area contributed by atoms with Crippen LogP contribution in [0.1, 0.15) is 21.7 Å². The van der Waals surface area contributed by atoms with Crippen LogP contribution in [0.2, 0.25) is 0 Å². The Kier molecular flexibility index (Phi) is 5.25. The molecule has 0 aliphatic rings. The monoisotopic (exact) mass is 391 g/mol. The molecule has 0 bridgehead atoms. The van der Waals surface area contributed by atoms with Crippen LogP contribution < -0.4 is 10.5 Å². The zero-order chi connectivity index (χ0) is 20.3. The smallest absolute Gasteiger partial charge is 0.433 e. The molecule has 28 heavy (non-hydrogen) atoms. The number of pyridine rings is 2. The van der Waals surface area contributed by atoms with Gasteiger partial charge in [0.2, 0.25) is 0 Å². The van der Waals surface area contributed by atoms with Gasteiger partial charge in [0.15, 0.2) is 0 Å². The second-order valence-corrected chi connectivity index (χ2v) is 5.77. The van der Waals surface area contributed by atoms with E-state index in [9.17, 15) is 22.4 Å². The molecule has 2 heterocycles. The van der Waals surface area contributed by atoms with Crippen LogP contribution in [0.4, 0.5) is 17.6 Å². The van der Waals surface area contributed by atoms with Crippen LogP contribution in [-0.4, -0.2) is 15.9 Å². The van der Waals surface area contributed by atoms with Crippen LogP contribution >= 0.6 is 0 Å². The summed E-state index contributed by atoms with van der Waals surface area (Å²) in [5.41, 5.74) is 5.61. The summed E-state index contributed by atoms with van der Waals surface area (Å²) >= 11 is 0. The van der Waals surface area contributed by atoms with Crippen molar-refractivity contribution in [2.45, 2.75) is 12.8 Å². The Labute approximate surface area is 156 Å². The van der Waals surface area contributed by atoms with E-state index in [4.69, 9.17) is 10.5 Å². The molecule has 1 amide bonds. The number of alkyl halides is 3. The number of hydrogen-bond acceptors (Lipinski definition) is 4. The first-order valence-electron chi connectivity index (χ1n) is 7.95. The third kappa shape index (κ3) is 4.43. The standard InChI is InChI=1S/C19H13F4N3O2/c20-13-4-2-12(3-5-13)14-7-15(18(24)27)25-9-16(14)28-10-11-1-6-17(26-8-11)19(21,22)23/h1-9H,10H2,(H2,24,27). The fourth-order valence-corrected chi connectivity index (χ4v) is 2.39. The topological polar surface area (TPSA) is 78.1 Å². The van der Waals surface area contributed by atoms with Gasteiger partial charge in [0, 0.05) is 17.3 Å². The Morgan fingerprint density at radius 3 is 2.32 bits per heavy atom. The fourth-order valence-electron chi connectivity index (χ4n) is 2.39. The summed E-state index contributed by atoms with van der Waals surface area (Å²) in [6, 6.07) is 8.96. The number of carbonyl (C=O) groups excluding carboxylic acids is 1. The molecule has 2 N–H and O–H groups in total. The minimum Gasteiger partial charge on any atom is -0.487 e. The highest BCUT2D eigenvalue weighted by atomic mass is 19.4. The highest BCUT2D eigenvalue weighted by Gasteiger charge is 2.32. The van der Waals surface area contributed by atoms with E-state index in [1.807, 2.05) is 0 Å². The molecule has 0 aliphatic heterocycles. The average molecular weight is 391 g/mol. The molecule has 0 aliphatic carbocycles. The molecule has 0 saturated carbocycles. The number of rotatable bonds is 5. The highest BCUT2D eigenvalue weighted by molar-refractivity contribution is 5.92. The lowest BCUT2D eigenvalue weighted by molar-refractivity contribution is -0.141. The van der Waals surface area contributed by atoms with Gasteiger partial charge in [-0.15, -0.1) is 0 Å². The molecule has 0 spiro atoms. The van der Waals surface area contributed by atoms with Crippen LogP contribution in [0.25, 0.3) is 11.1 Å². The summed E-state index contributed by atoms with van der Waals surface area (Å²) in [6.45, 7) is -0.0864. The fraction of sp³-hybridized carbons (Fsp3) is 0.105. The summed E-state index contributed by atoms with van der Waals surface area (Å²) in [4.78, 5) is 18.7.